The van der Waals surface area contributed by atoms with E-state index in [1.54, 1.807) is 11.8 Å². The molecule has 0 bridgehead atoms. The number of aryl methyl sites for hydroxylation is 1. The maximum Gasteiger partial charge on any atom is 0.226 e. The first-order valence-electron chi connectivity index (χ1n) is 8.58. The van der Waals surface area contributed by atoms with E-state index in [-0.39, 0.29) is 5.91 Å². The second-order valence-electron chi connectivity index (χ2n) is 5.67. The standard InChI is InChI=1S/C18H25N3OS2/c1-2-3-4-5-9-12-16(22)19-17-20-21-18(24-17)23-14-13-15-10-7-6-8-11-15/h6-8,10-11H,2-5,9,12-14H2,1H3,(H,19,20,22). The van der Waals surface area contributed by atoms with Gasteiger partial charge in [0.2, 0.25) is 11.0 Å². The van der Waals surface area contributed by atoms with Crippen molar-refractivity contribution in [1.29, 1.82) is 0 Å². The van der Waals surface area contributed by atoms with E-state index in [1.165, 1.54) is 36.2 Å². The fraction of sp³-hybridized carbons (Fsp3) is 0.500. The highest BCUT2D eigenvalue weighted by Gasteiger charge is 2.08. The lowest BCUT2D eigenvalue weighted by molar-refractivity contribution is -0.116. The quantitative estimate of drug-likeness (QED) is 0.340. The Bertz CT molecular complexity index is 601. The van der Waals surface area contributed by atoms with Crippen molar-refractivity contribution in [2.24, 2.45) is 0 Å². The molecule has 0 aliphatic rings. The lowest BCUT2D eigenvalue weighted by Crippen LogP contribution is -2.10. The maximum atomic E-state index is 11.9. The van der Waals surface area contributed by atoms with E-state index in [4.69, 9.17) is 0 Å². The highest BCUT2D eigenvalue weighted by atomic mass is 32.2. The number of rotatable bonds is 11. The Morgan fingerprint density at radius 3 is 2.71 bits per heavy atom. The van der Waals surface area contributed by atoms with Gasteiger partial charge in [-0.2, -0.15) is 0 Å². The second kappa shape index (κ2) is 11.2. The zero-order valence-corrected chi connectivity index (χ0v) is 15.8. The molecule has 0 radical (unpaired) electrons. The fourth-order valence-electron chi connectivity index (χ4n) is 2.29. The molecular weight excluding hydrogens is 338 g/mol. The molecule has 0 fully saturated rings. The van der Waals surface area contributed by atoms with Crippen LogP contribution in [0.2, 0.25) is 0 Å². The van der Waals surface area contributed by atoms with Crippen LogP contribution >= 0.6 is 23.1 Å². The van der Waals surface area contributed by atoms with Crippen LogP contribution in [0.25, 0.3) is 0 Å². The molecule has 0 aliphatic heterocycles. The molecule has 0 atom stereocenters. The van der Waals surface area contributed by atoms with E-state index >= 15 is 0 Å². The number of carbonyl (C=O) groups is 1. The van der Waals surface area contributed by atoms with Gasteiger partial charge in [-0.3, -0.25) is 4.79 Å². The smallest absolute Gasteiger partial charge is 0.226 e. The van der Waals surface area contributed by atoms with Gasteiger partial charge in [0.15, 0.2) is 4.34 Å². The summed E-state index contributed by atoms with van der Waals surface area (Å²) in [6.45, 7) is 2.19. The molecule has 0 saturated heterocycles. The molecule has 0 aliphatic carbocycles. The number of hydrogen-bond acceptors (Lipinski definition) is 5. The third-order valence-corrected chi connectivity index (χ3v) is 5.59. The molecule has 0 spiro atoms. The van der Waals surface area contributed by atoms with Crippen molar-refractivity contribution in [3.63, 3.8) is 0 Å². The third kappa shape index (κ3) is 7.45. The molecule has 1 heterocycles. The highest BCUT2D eigenvalue weighted by Crippen LogP contribution is 2.26. The lowest BCUT2D eigenvalue weighted by atomic mass is 10.1. The number of hydrogen-bond donors (Lipinski definition) is 1. The molecule has 0 saturated carbocycles. The summed E-state index contributed by atoms with van der Waals surface area (Å²) in [4.78, 5) is 11.9. The Kier molecular flexibility index (Phi) is 8.84. The Labute approximate surface area is 152 Å². The number of aromatic nitrogens is 2. The lowest BCUT2D eigenvalue weighted by Gasteiger charge is -2.01. The number of unbranched alkanes of at least 4 members (excludes halogenated alkanes) is 4. The van der Waals surface area contributed by atoms with E-state index in [0.29, 0.717) is 11.6 Å². The minimum atomic E-state index is 0.0449. The zero-order valence-electron chi connectivity index (χ0n) is 14.2. The number of amides is 1. The van der Waals surface area contributed by atoms with Crippen LogP contribution in [0.3, 0.4) is 0 Å². The van der Waals surface area contributed by atoms with Crippen LogP contribution in [0.4, 0.5) is 5.13 Å². The molecule has 24 heavy (non-hydrogen) atoms. The van der Waals surface area contributed by atoms with Crippen molar-refractivity contribution in [3.05, 3.63) is 35.9 Å². The van der Waals surface area contributed by atoms with Gasteiger partial charge in [-0.15, -0.1) is 10.2 Å². The largest absolute Gasteiger partial charge is 0.301 e. The summed E-state index contributed by atoms with van der Waals surface area (Å²) in [5.74, 6) is 1.01. The number of carbonyl (C=O) groups excluding carboxylic acids is 1. The van der Waals surface area contributed by atoms with E-state index in [1.807, 2.05) is 6.07 Å². The van der Waals surface area contributed by atoms with E-state index in [9.17, 15) is 4.79 Å². The van der Waals surface area contributed by atoms with Crippen molar-refractivity contribution >= 4 is 34.1 Å². The molecule has 1 aromatic carbocycles. The first-order chi connectivity index (χ1) is 11.8. The van der Waals surface area contributed by atoms with Crippen molar-refractivity contribution in [2.45, 2.75) is 56.2 Å². The van der Waals surface area contributed by atoms with Crippen molar-refractivity contribution < 1.29 is 4.79 Å². The van der Waals surface area contributed by atoms with Crippen LogP contribution < -0.4 is 5.32 Å². The molecule has 6 heteroatoms. The summed E-state index contributed by atoms with van der Waals surface area (Å²) >= 11 is 3.14. The number of thioether (sulfide) groups is 1. The van der Waals surface area contributed by atoms with Gasteiger partial charge in [0.25, 0.3) is 0 Å². The van der Waals surface area contributed by atoms with Crippen LogP contribution in [0.1, 0.15) is 51.0 Å². The number of nitrogens with one attached hydrogen (secondary N) is 1. The molecule has 4 nitrogen and oxygen atoms in total. The molecular formula is C18H25N3OS2. The Morgan fingerprint density at radius 1 is 1.12 bits per heavy atom. The highest BCUT2D eigenvalue weighted by molar-refractivity contribution is 8.01. The van der Waals surface area contributed by atoms with Gasteiger partial charge in [0.05, 0.1) is 0 Å². The van der Waals surface area contributed by atoms with E-state index in [2.05, 4.69) is 46.7 Å². The summed E-state index contributed by atoms with van der Waals surface area (Å²) in [5.41, 5.74) is 1.33. The van der Waals surface area contributed by atoms with Crippen LogP contribution in [0, 0.1) is 0 Å². The van der Waals surface area contributed by atoms with Crippen molar-refractivity contribution in [1.82, 2.24) is 10.2 Å². The van der Waals surface area contributed by atoms with Gasteiger partial charge >= 0.3 is 0 Å². The topological polar surface area (TPSA) is 54.9 Å². The SMILES string of the molecule is CCCCCCCC(=O)Nc1nnc(SCCc2ccccc2)s1. The molecule has 1 amide bonds. The molecule has 2 rings (SSSR count). The van der Waals surface area contributed by atoms with Crippen LogP contribution in [-0.4, -0.2) is 21.9 Å². The average Bonchev–Trinajstić information content (AvgIpc) is 3.03. The van der Waals surface area contributed by atoms with E-state index in [0.717, 1.165) is 29.4 Å². The van der Waals surface area contributed by atoms with Gasteiger partial charge in [0.1, 0.15) is 0 Å². The predicted octanol–water partition coefficient (Wildman–Crippen LogP) is 5.17. The van der Waals surface area contributed by atoms with Crippen LogP contribution in [0.15, 0.2) is 34.7 Å². The first kappa shape index (κ1) is 18.9. The monoisotopic (exact) mass is 363 g/mol. The summed E-state index contributed by atoms with van der Waals surface area (Å²) in [6, 6.07) is 10.4. The summed E-state index contributed by atoms with van der Waals surface area (Å²) in [7, 11) is 0. The van der Waals surface area contributed by atoms with Gasteiger partial charge < -0.3 is 5.32 Å². The molecule has 1 N–H and O–H groups in total. The summed E-state index contributed by atoms with van der Waals surface area (Å²) in [6.07, 6.45) is 7.33. The van der Waals surface area contributed by atoms with Gasteiger partial charge in [-0.1, -0.05) is 86.0 Å². The van der Waals surface area contributed by atoms with Gasteiger partial charge in [0, 0.05) is 12.2 Å². The maximum absolute atomic E-state index is 11.9. The Balaban J connectivity index is 1.64. The van der Waals surface area contributed by atoms with Gasteiger partial charge in [-0.05, 0) is 18.4 Å². The van der Waals surface area contributed by atoms with E-state index < -0.39 is 0 Å². The summed E-state index contributed by atoms with van der Waals surface area (Å²) < 4.78 is 0.907. The predicted molar refractivity (Wildman–Crippen MR) is 103 cm³/mol. The zero-order chi connectivity index (χ0) is 17.0. The molecule has 0 unspecified atom stereocenters. The third-order valence-electron chi connectivity index (χ3n) is 3.62. The van der Waals surface area contributed by atoms with Crippen LogP contribution in [-0.2, 0) is 11.2 Å². The van der Waals surface area contributed by atoms with Crippen LogP contribution in [0.5, 0.6) is 0 Å². The minimum absolute atomic E-state index is 0.0449. The van der Waals surface area contributed by atoms with Gasteiger partial charge in [-0.25, -0.2) is 0 Å². The van der Waals surface area contributed by atoms with Crippen molar-refractivity contribution in [3.8, 4) is 0 Å². The Morgan fingerprint density at radius 2 is 1.92 bits per heavy atom. The number of benzene rings is 1. The molecule has 130 valence electrons. The molecule has 1 aromatic heterocycles. The van der Waals surface area contributed by atoms with Crippen molar-refractivity contribution in [2.75, 3.05) is 11.1 Å². The first-order valence-corrected chi connectivity index (χ1v) is 10.4. The number of nitrogens with zero attached hydrogens (tertiary/aromatic N) is 2. The normalized spacial score (nSPS) is 10.7. The second-order valence-corrected chi connectivity index (χ2v) is 7.99. The average molecular weight is 364 g/mol. The molecule has 2 aromatic rings. The number of anilines is 1. The minimum Gasteiger partial charge on any atom is -0.301 e. The summed E-state index contributed by atoms with van der Waals surface area (Å²) in [5, 5.41) is 11.7. The Hall–Kier alpha value is -1.40. The fourth-order valence-corrected chi connectivity index (χ4v) is 4.12.